The van der Waals surface area contributed by atoms with Crippen LogP contribution in [0.15, 0.2) is 30.3 Å². The Kier molecular flexibility index (Phi) is 9.53. The molecule has 1 unspecified atom stereocenters. The summed E-state index contributed by atoms with van der Waals surface area (Å²) in [5.41, 5.74) is 0.967. The van der Waals surface area contributed by atoms with Gasteiger partial charge in [0.05, 0.1) is 7.11 Å². The van der Waals surface area contributed by atoms with Gasteiger partial charge in [-0.05, 0) is 31.6 Å². The Balaban J connectivity index is 2.42. The Bertz CT molecular complexity index is 490. The maximum absolute atomic E-state index is 12.0. The van der Waals surface area contributed by atoms with Crippen LogP contribution in [0.5, 0.6) is 0 Å². The van der Waals surface area contributed by atoms with E-state index in [-0.39, 0.29) is 6.03 Å². The number of urea groups is 1. The van der Waals surface area contributed by atoms with Gasteiger partial charge in [0.1, 0.15) is 6.04 Å². The van der Waals surface area contributed by atoms with Gasteiger partial charge < -0.3 is 20.3 Å². The van der Waals surface area contributed by atoms with Gasteiger partial charge in [0.2, 0.25) is 0 Å². The first-order valence-electron chi connectivity index (χ1n) is 8.49. The van der Waals surface area contributed by atoms with Crippen LogP contribution in [0.4, 0.5) is 4.79 Å². The van der Waals surface area contributed by atoms with Crippen molar-refractivity contribution in [3.05, 3.63) is 35.9 Å². The Morgan fingerprint density at radius 2 is 1.83 bits per heavy atom. The molecule has 1 aromatic carbocycles. The minimum absolute atomic E-state index is 0.346. The molecule has 0 spiro atoms. The molecule has 2 N–H and O–H groups in total. The van der Waals surface area contributed by atoms with Crippen LogP contribution >= 0.6 is 0 Å². The van der Waals surface area contributed by atoms with Crippen molar-refractivity contribution in [2.24, 2.45) is 0 Å². The van der Waals surface area contributed by atoms with Crippen molar-refractivity contribution >= 4 is 12.0 Å². The quantitative estimate of drug-likeness (QED) is 0.505. The number of carbonyl (C=O) groups is 2. The summed E-state index contributed by atoms with van der Waals surface area (Å²) in [4.78, 5) is 26.2. The van der Waals surface area contributed by atoms with Crippen LogP contribution in [0.1, 0.15) is 25.8 Å². The second-order valence-electron chi connectivity index (χ2n) is 5.55. The summed E-state index contributed by atoms with van der Waals surface area (Å²) in [5.74, 6) is -0.447. The zero-order chi connectivity index (χ0) is 17.8. The SMILES string of the molecule is CCN(CC)CCCNC(=O)NC(Cc1ccccc1)C(=O)OC. The minimum atomic E-state index is -0.694. The van der Waals surface area contributed by atoms with E-state index in [4.69, 9.17) is 4.74 Å². The highest BCUT2D eigenvalue weighted by Gasteiger charge is 2.21. The molecule has 0 aromatic heterocycles. The molecule has 0 radical (unpaired) electrons. The fraction of sp³-hybridized carbons (Fsp3) is 0.556. The van der Waals surface area contributed by atoms with Gasteiger partial charge in [0.15, 0.2) is 0 Å². The number of benzene rings is 1. The molecule has 24 heavy (non-hydrogen) atoms. The molecule has 1 aromatic rings. The number of rotatable bonds is 10. The summed E-state index contributed by atoms with van der Waals surface area (Å²) in [6.07, 6.45) is 1.27. The number of hydrogen-bond acceptors (Lipinski definition) is 4. The van der Waals surface area contributed by atoms with Crippen molar-refractivity contribution in [1.82, 2.24) is 15.5 Å². The van der Waals surface area contributed by atoms with Crippen LogP contribution in [-0.4, -0.2) is 56.2 Å². The summed E-state index contributed by atoms with van der Waals surface area (Å²) >= 11 is 0. The third-order valence-corrected chi connectivity index (χ3v) is 3.90. The van der Waals surface area contributed by atoms with Gasteiger partial charge in [-0.25, -0.2) is 9.59 Å². The van der Waals surface area contributed by atoms with E-state index in [1.54, 1.807) is 0 Å². The van der Waals surface area contributed by atoms with E-state index in [2.05, 4.69) is 29.4 Å². The van der Waals surface area contributed by atoms with Gasteiger partial charge in [-0.15, -0.1) is 0 Å². The first kappa shape index (κ1) is 20.0. The van der Waals surface area contributed by atoms with Crippen LogP contribution in [0.2, 0.25) is 0 Å². The van der Waals surface area contributed by atoms with Crippen LogP contribution in [0.25, 0.3) is 0 Å². The molecule has 6 heteroatoms. The number of methoxy groups -OCH3 is 1. The Morgan fingerprint density at radius 3 is 2.42 bits per heavy atom. The van der Waals surface area contributed by atoms with Crippen LogP contribution < -0.4 is 10.6 Å². The third-order valence-electron chi connectivity index (χ3n) is 3.90. The third kappa shape index (κ3) is 7.46. The molecule has 0 saturated heterocycles. The van der Waals surface area contributed by atoms with E-state index >= 15 is 0 Å². The summed E-state index contributed by atoms with van der Waals surface area (Å²) < 4.78 is 4.78. The molecule has 2 amide bonds. The average Bonchev–Trinajstić information content (AvgIpc) is 2.61. The second-order valence-corrected chi connectivity index (χ2v) is 5.55. The zero-order valence-corrected chi connectivity index (χ0v) is 14.9. The second kappa shape index (κ2) is 11.5. The molecule has 0 heterocycles. The lowest BCUT2D eigenvalue weighted by Gasteiger charge is -2.19. The molecule has 6 nitrogen and oxygen atoms in total. The van der Waals surface area contributed by atoms with E-state index in [9.17, 15) is 9.59 Å². The number of esters is 1. The molecule has 0 fully saturated rings. The normalized spacial score (nSPS) is 11.8. The number of amides is 2. The maximum Gasteiger partial charge on any atom is 0.328 e. The van der Waals surface area contributed by atoms with Gasteiger partial charge in [0.25, 0.3) is 0 Å². The van der Waals surface area contributed by atoms with E-state index < -0.39 is 12.0 Å². The molecule has 134 valence electrons. The van der Waals surface area contributed by atoms with E-state index in [0.29, 0.717) is 13.0 Å². The van der Waals surface area contributed by atoms with Gasteiger partial charge in [0, 0.05) is 13.0 Å². The highest BCUT2D eigenvalue weighted by molar-refractivity contribution is 5.83. The fourth-order valence-corrected chi connectivity index (χ4v) is 2.44. The molecule has 0 aliphatic rings. The van der Waals surface area contributed by atoms with Gasteiger partial charge >= 0.3 is 12.0 Å². The van der Waals surface area contributed by atoms with Crippen molar-refractivity contribution in [2.45, 2.75) is 32.7 Å². The highest BCUT2D eigenvalue weighted by Crippen LogP contribution is 2.04. The predicted molar refractivity (Wildman–Crippen MR) is 94.9 cm³/mol. The minimum Gasteiger partial charge on any atom is -0.467 e. The van der Waals surface area contributed by atoms with Gasteiger partial charge in [-0.2, -0.15) is 0 Å². The van der Waals surface area contributed by atoms with Crippen LogP contribution in [0.3, 0.4) is 0 Å². The Labute approximate surface area is 144 Å². The Morgan fingerprint density at radius 1 is 1.17 bits per heavy atom. The number of nitrogens with one attached hydrogen (secondary N) is 2. The van der Waals surface area contributed by atoms with Crippen LogP contribution in [-0.2, 0) is 16.0 Å². The lowest BCUT2D eigenvalue weighted by molar-refractivity contribution is -0.142. The maximum atomic E-state index is 12.0. The zero-order valence-electron chi connectivity index (χ0n) is 14.9. The lowest BCUT2D eigenvalue weighted by atomic mass is 10.1. The first-order chi connectivity index (χ1) is 11.6. The lowest BCUT2D eigenvalue weighted by Crippen LogP contribution is -2.48. The summed E-state index contributed by atoms with van der Waals surface area (Å²) in [6, 6.07) is 8.50. The number of hydrogen-bond donors (Lipinski definition) is 2. The molecular formula is C18H29N3O3. The molecule has 0 saturated carbocycles. The monoisotopic (exact) mass is 335 g/mol. The summed E-state index contributed by atoms with van der Waals surface area (Å²) in [7, 11) is 1.32. The fourth-order valence-electron chi connectivity index (χ4n) is 2.44. The van der Waals surface area contributed by atoms with E-state index in [1.165, 1.54) is 7.11 Å². The molecule has 0 bridgehead atoms. The molecule has 0 aliphatic carbocycles. The first-order valence-corrected chi connectivity index (χ1v) is 8.49. The van der Waals surface area contributed by atoms with Crippen molar-refractivity contribution < 1.29 is 14.3 Å². The highest BCUT2D eigenvalue weighted by atomic mass is 16.5. The van der Waals surface area contributed by atoms with Crippen molar-refractivity contribution in [1.29, 1.82) is 0 Å². The molecule has 1 atom stereocenters. The van der Waals surface area contributed by atoms with E-state index in [0.717, 1.165) is 31.6 Å². The topological polar surface area (TPSA) is 70.7 Å². The largest absolute Gasteiger partial charge is 0.467 e. The van der Waals surface area contributed by atoms with Gasteiger partial charge in [-0.1, -0.05) is 44.2 Å². The molecule has 1 rings (SSSR count). The van der Waals surface area contributed by atoms with Crippen molar-refractivity contribution in [3.63, 3.8) is 0 Å². The molecular weight excluding hydrogens is 306 g/mol. The van der Waals surface area contributed by atoms with Gasteiger partial charge in [-0.3, -0.25) is 0 Å². The number of ether oxygens (including phenoxy) is 1. The van der Waals surface area contributed by atoms with Crippen LogP contribution in [0, 0.1) is 0 Å². The predicted octanol–water partition coefficient (Wildman–Crippen LogP) is 1.80. The smallest absolute Gasteiger partial charge is 0.328 e. The number of nitrogens with zero attached hydrogens (tertiary/aromatic N) is 1. The molecule has 0 aliphatic heterocycles. The summed E-state index contributed by atoms with van der Waals surface area (Å²) in [6.45, 7) is 7.76. The van der Waals surface area contributed by atoms with Crippen molar-refractivity contribution in [3.8, 4) is 0 Å². The Hall–Kier alpha value is -2.08. The summed E-state index contributed by atoms with van der Waals surface area (Å²) in [5, 5.41) is 5.49. The number of carbonyl (C=O) groups excluding carboxylic acids is 2. The average molecular weight is 335 g/mol. The van der Waals surface area contributed by atoms with Crippen molar-refractivity contribution in [2.75, 3.05) is 33.3 Å². The van der Waals surface area contributed by atoms with E-state index in [1.807, 2.05) is 30.3 Å². The standard InChI is InChI=1S/C18H29N3O3/c1-4-21(5-2)13-9-12-19-18(23)20-16(17(22)24-3)14-15-10-7-6-8-11-15/h6-8,10-11,16H,4-5,9,12-14H2,1-3H3,(H2,19,20,23).